The maximum atomic E-state index is 13.0. The predicted octanol–water partition coefficient (Wildman–Crippen LogP) is 8.29. The van der Waals surface area contributed by atoms with Crippen molar-refractivity contribution in [3.63, 3.8) is 0 Å². The summed E-state index contributed by atoms with van der Waals surface area (Å²) in [7, 11) is 0. The van der Waals surface area contributed by atoms with Crippen molar-refractivity contribution in [3.05, 3.63) is 155 Å². The van der Waals surface area contributed by atoms with Gasteiger partial charge in [-0.05, 0) is 86.5 Å². The molecule has 0 aliphatic rings. The molecule has 6 aromatic rings. The van der Waals surface area contributed by atoms with E-state index >= 15 is 0 Å². The molecular weight excluding hydrogens is 516 g/mol. The number of aryl methyl sites for hydroxylation is 2. The van der Waals surface area contributed by atoms with E-state index in [0.717, 1.165) is 50.8 Å². The lowest BCUT2D eigenvalue weighted by Crippen LogP contribution is -2.17. The Kier molecular flexibility index (Phi) is 7.39. The lowest BCUT2D eigenvalue weighted by Gasteiger charge is -2.15. The molecule has 0 unspecified atom stereocenters. The van der Waals surface area contributed by atoms with E-state index < -0.39 is 0 Å². The molecule has 206 valence electrons. The maximum Gasteiger partial charge on any atom is 0.271 e. The molecule has 0 saturated carbocycles. The number of nitrogens with one attached hydrogen (secondary N) is 1. The number of amides is 1. The fraction of sp³-hybridized carbons (Fsp3) is 0.0811. The van der Waals surface area contributed by atoms with Gasteiger partial charge in [-0.25, -0.2) is 5.43 Å². The molecule has 0 saturated heterocycles. The number of hydrazone groups is 1. The Morgan fingerprint density at radius 3 is 1.74 bits per heavy atom. The highest BCUT2D eigenvalue weighted by atomic mass is 16.2. The third kappa shape index (κ3) is 5.32. The number of carbonyl (C=O) groups excluding carboxylic acids is 1. The molecule has 0 aliphatic heterocycles. The minimum absolute atomic E-state index is 0.260. The largest absolute Gasteiger partial charge is 0.318 e. The van der Waals surface area contributed by atoms with Crippen molar-refractivity contribution in [2.24, 2.45) is 5.10 Å². The molecule has 0 atom stereocenters. The molecule has 1 N–H and O–H groups in total. The zero-order valence-corrected chi connectivity index (χ0v) is 24.0. The summed E-state index contributed by atoms with van der Waals surface area (Å²) in [5, 5.41) is 4.28. The first kappa shape index (κ1) is 26.8. The van der Waals surface area contributed by atoms with Crippen molar-refractivity contribution in [1.82, 2.24) is 14.6 Å². The van der Waals surface area contributed by atoms with Crippen molar-refractivity contribution < 1.29 is 4.79 Å². The van der Waals surface area contributed by atoms with Crippen LogP contribution in [0.4, 0.5) is 0 Å². The smallest absolute Gasteiger partial charge is 0.271 e. The predicted molar refractivity (Wildman–Crippen MR) is 172 cm³/mol. The Morgan fingerprint density at radius 2 is 1.17 bits per heavy atom. The summed E-state index contributed by atoms with van der Waals surface area (Å²) in [4.78, 5) is 13.0. The number of nitrogens with zero attached hydrogens (tertiary/aromatic N) is 3. The lowest BCUT2D eigenvalue weighted by molar-refractivity contribution is 0.0955. The summed E-state index contributed by atoms with van der Waals surface area (Å²) in [5.41, 5.74) is 14.1. The minimum atomic E-state index is -0.260. The van der Waals surface area contributed by atoms with Crippen LogP contribution in [-0.4, -0.2) is 21.3 Å². The van der Waals surface area contributed by atoms with Crippen LogP contribution >= 0.6 is 0 Å². The van der Waals surface area contributed by atoms with E-state index in [1.807, 2.05) is 60.7 Å². The van der Waals surface area contributed by atoms with Gasteiger partial charge in [0.2, 0.25) is 0 Å². The van der Waals surface area contributed by atoms with Crippen LogP contribution in [0, 0.1) is 20.8 Å². The summed E-state index contributed by atoms with van der Waals surface area (Å²) >= 11 is 0. The third-order valence-electron chi connectivity index (χ3n) is 7.54. The number of benzene rings is 4. The number of hydrogen-bond donors (Lipinski definition) is 1. The number of hydrogen-bond acceptors (Lipinski definition) is 2. The van der Waals surface area contributed by atoms with Gasteiger partial charge in [0.15, 0.2) is 0 Å². The molecule has 0 fully saturated rings. The van der Waals surface area contributed by atoms with Crippen molar-refractivity contribution in [2.75, 3.05) is 0 Å². The standard InChI is InChI=1S/C37H32N4O/c1-26-14-18-33(19-15-26)40-27(2)24-32(28(40)3)25-38-39-37(42)31-16-20-34(21-17-31)41-35(29-10-6-4-7-11-29)22-23-36(41)30-12-8-5-9-13-30/h4-25H,1-3H3,(H,39,42)/b38-25-. The fourth-order valence-electron chi connectivity index (χ4n) is 5.38. The summed E-state index contributed by atoms with van der Waals surface area (Å²) in [6, 6.07) is 43.1. The number of carbonyl (C=O) groups is 1. The average Bonchev–Trinajstić information content (AvgIpc) is 3.59. The van der Waals surface area contributed by atoms with Gasteiger partial charge in [-0.15, -0.1) is 0 Å². The maximum absolute atomic E-state index is 13.0. The Bertz CT molecular complexity index is 1800. The second kappa shape index (κ2) is 11.6. The monoisotopic (exact) mass is 548 g/mol. The third-order valence-corrected chi connectivity index (χ3v) is 7.54. The van der Waals surface area contributed by atoms with Crippen molar-refractivity contribution in [3.8, 4) is 33.9 Å². The summed E-state index contributed by atoms with van der Waals surface area (Å²) in [6.45, 7) is 6.21. The van der Waals surface area contributed by atoms with Gasteiger partial charge in [0, 0.05) is 33.9 Å². The highest BCUT2D eigenvalue weighted by Gasteiger charge is 2.15. The van der Waals surface area contributed by atoms with E-state index in [-0.39, 0.29) is 5.91 Å². The van der Waals surface area contributed by atoms with Crippen LogP contribution < -0.4 is 5.43 Å². The first-order valence-corrected chi connectivity index (χ1v) is 14.0. The van der Waals surface area contributed by atoms with Crippen LogP contribution in [0.3, 0.4) is 0 Å². The Morgan fingerprint density at radius 1 is 0.643 bits per heavy atom. The van der Waals surface area contributed by atoms with Crippen LogP contribution in [-0.2, 0) is 0 Å². The molecular formula is C37H32N4O. The normalized spacial score (nSPS) is 11.2. The SMILES string of the molecule is Cc1ccc(-n2c(C)cc(/C=N\NC(=O)c3ccc(-n4c(-c5ccccc5)ccc4-c4ccccc4)cc3)c2C)cc1. The van der Waals surface area contributed by atoms with Crippen molar-refractivity contribution >= 4 is 12.1 Å². The van der Waals surface area contributed by atoms with E-state index in [2.05, 4.69) is 107 Å². The summed E-state index contributed by atoms with van der Waals surface area (Å²) < 4.78 is 4.42. The van der Waals surface area contributed by atoms with Crippen molar-refractivity contribution in [2.45, 2.75) is 20.8 Å². The molecule has 0 spiro atoms. The Hall–Kier alpha value is -5.42. The van der Waals surface area contributed by atoms with Crippen LogP contribution in [0.1, 0.15) is 32.9 Å². The molecule has 0 bridgehead atoms. The molecule has 1 amide bonds. The van der Waals surface area contributed by atoms with E-state index in [1.54, 1.807) is 6.21 Å². The van der Waals surface area contributed by atoms with Gasteiger partial charge in [-0.3, -0.25) is 4.79 Å². The molecule has 2 heterocycles. The fourth-order valence-corrected chi connectivity index (χ4v) is 5.38. The number of aromatic nitrogens is 2. The van der Waals surface area contributed by atoms with Gasteiger partial charge in [-0.2, -0.15) is 5.10 Å². The van der Waals surface area contributed by atoms with Crippen LogP contribution in [0.5, 0.6) is 0 Å². The first-order valence-electron chi connectivity index (χ1n) is 14.0. The van der Waals surface area contributed by atoms with Crippen LogP contribution in [0.2, 0.25) is 0 Å². The molecule has 5 nitrogen and oxygen atoms in total. The van der Waals surface area contributed by atoms with Crippen molar-refractivity contribution in [1.29, 1.82) is 0 Å². The Balaban J connectivity index is 1.23. The van der Waals surface area contributed by atoms with Gasteiger partial charge >= 0.3 is 0 Å². The quantitative estimate of drug-likeness (QED) is 0.158. The second-order valence-corrected chi connectivity index (χ2v) is 10.4. The number of rotatable bonds is 7. The minimum Gasteiger partial charge on any atom is -0.318 e. The van der Waals surface area contributed by atoms with E-state index in [0.29, 0.717) is 5.56 Å². The zero-order valence-electron chi connectivity index (χ0n) is 24.0. The second-order valence-electron chi connectivity index (χ2n) is 10.4. The highest BCUT2D eigenvalue weighted by molar-refractivity contribution is 5.95. The molecule has 0 aliphatic carbocycles. The lowest BCUT2D eigenvalue weighted by atomic mass is 10.1. The van der Waals surface area contributed by atoms with Gasteiger partial charge in [0.25, 0.3) is 5.91 Å². The summed E-state index contributed by atoms with van der Waals surface area (Å²) in [5.74, 6) is -0.260. The molecule has 2 aromatic heterocycles. The van der Waals surface area contributed by atoms with E-state index in [9.17, 15) is 4.79 Å². The Labute approximate surface area is 246 Å². The van der Waals surface area contributed by atoms with E-state index in [4.69, 9.17) is 0 Å². The molecule has 4 aromatic carbocycles. The first-order chi connectivity index (χ1) is 20.5. The van der Waals surface area contributed by atoms with Crippen LogP contribution in [0.15, 0.2) is 132 Å². The van der Waals surface area contributed by atoms with E-state index in [1.165, 1.54) is 5.56 Å². The van der Waals surface area contributed by atoms with Gasteiger partial charge < -0.3 is 9.13 Å². The highest BCUT2D eigenvalue weighted by Crippen LogP contribution is 2.32. The van der Waals surface area contributed by atoms with Gasteiger partial charge in [0.1, 0.15) is 0 Å². The molecule has 5 heteroatoms. The zero-order chi connectivity index (χ0) is 29.1. The molecule has 6 rings (SSSR count). The van der Waals surface area contributed by atoms with Gasteiger partial charge in [-0.1, -0.05) is 78.4 Å². The average molecular weight is 549 g/mol. The topological polar surface area (TPSA) is 51.3 Å². The summed E-state index contributed by atoms with van der Waals surface area (Å²) in [6.07, 6.45) is 1.71. The van der Waals surface area contributed by atoms with Gasteiger partial charge in [0.05, 0.1) is 17.6 Å². The molecule has 0 radical (unpaired) electrons. The molecule has 42 heavy (non-hydrogen) atoms. The van der Waals surface area contributed by atoms with Crippen LogP contribution in [0.25, 0.3) is 33.9 Å².